The van der Waals surface area contributed by atoms with Gasteiger partial charge in [-0.25, -0.2) is 9.67 Å². The third-order valence-corrected chi connectivity index (χ3v) is 3.88. The molecule has 0 bridgehead atoms. The first kappa shape index (κ1) is 17.9. The fraction of sp³-hybridized carbons (Fsp3) is 0.375. The molecule has 2 aromatic rings. The summed E-state index contributed by atoms with van der Waals surface area (Å²) in [7, 11) is 1.52. The summed E-state index contributed by atoms with van der Waals surface area (Å²) in [6.45, 7) is 5.36. The summed E-state index contributed by atoms with van der Waals surface area (Å²) in [6, 6.07) is 5.17. The van der Waals surface area contributed by atoms with E-state index in [1.165, 1.54) is 18.9 Å². The maximum absolute atomic E-state index is 12.6. The lowest BCUT2D eigenvalue weighted by Crippen LogP contribution is -2.34. The number of nitrogens with zero attached hydrogens (tertiary/aromatic N) is 4. The van der Waals surface area contributed by atoms with Gasteiger partial charge in [-0.3, -0.25) is 9.59 Å². The van der Waals surface area contributed by atoms with Crippen LogP contribution in [0.1, 0.15) is 28.8 Å². The number of carboxylic acid groups (broad SMARTS) is 1. The molecular formula is C16H19ClN4O3. The van der Waals surface area contributed by atoms with Crippen molar-refractivity contribution in [2.24, 2.45) is 5.92 Å². The van der Waals surface area contributed by atoms with E-state index in [4.69, 9.17) is 16.7 Å². The zero-order valence-corrected chi connectivity index (χ0v) is 14.7. The van der Waals surface area contributed by atoms with Gasteiger partial charge in [-0.05, 0) is 32.0 Å². The molecule has 1 atom stereocenters. The third kappa shape index (κ3) is 3.73. The van der Waals surface area contributed by atoms with E-state index in [9.17, 15) is 9.59 Å². The zero-order chi connectivity index (χ0) is 18.0. The van der Waals surface area contributed by atoms with Crippen LogP contribution in [-0.4, -0.2) is 50.2 Å². The minimum Gasteiger partial charge on any atom is -0.481 e. The quantitative estimate of drug-likeness (QED) is 0.894. The molecule has 0 aliphatic rings. The van der Waals surface area contributed by atoms with Crippen LogP contribution < -0.4 is 0 Å². The topological polar surface area (TPSA) is 88.3 Å². The summed E-state index contributed by atoms with van der Waals surface area (Å²) < 4.78 is 1.63. The van der Waals surface area contributed by atoms with Crippen molar-refractivity contribution in [3.05, 3.63) is 40.3 Å². The van der Waals surface area contributed by atoms with Crippen LogP contribution in [-0.2, 0) is 4.79 Å². The maximum atomic E-state index is 12.6. The van der Waals surface area contributed by atoms with Crippen molar-refractivity contribution in [1.82, 2.24) is 19.7 Å². The first-order chi connectivity index (χ1) is 11.2. The Bertz CT molecular complexity index is 788. The van der Waals surface area contributed by atoms with Gasteiger partial charge in [0.05, 0.1) is 16.6 Å². The number of amides is 1. The van der Waals surface area contributed by atoms with E-state index >= 15 is 0 Å². The van der Waals surface area contributed by atoms with Crippen LogP contribution in [0, 0.1) is 19.8 Å². The van der Waals surface area contributed by atoms with Crippen LogP contribution in [0.2, 0.25) is 5.02 Å². The molecule has 2 rings (SSSR count). The van der Waals surface area contributed by atoms with Gasteiger partial charge in [0.25, 0.3) is 5.91 Å². The Balaban J connectivity index is 2.33. The Morgan fingerprint density at radius 1 is 1.38 bits per heavy atom. The normalized spacial score (nSPS) is 12.0. The molecule has 0 aromatic carbocycles. The van der Waals surface area contributed by atoms with Crippen LogP contribution in [0.4, 0.5) is 0 Å². The smallest absolute Gasteiger partial charge is 0.308 e. The molecule has 0 fully saturated rings. The molecule has 24 heavy (non-hydrogen) atoms. The van der Waals surface area contributed by atoms with E-state index in [1.54, 1.807) is 16.8 Å². The largest absolute Gasteiger partial charge is 0.481 e. The SMILES string of the molecule is Cc1cc(C)n(-c2ccc(Cl)c(C(=O)N(C)CC(C)C(=O)O)n2)n1. The first-order valence-corrected chi connectivity index (χ1v) is 7.77. The molecule has 7 nitrogen and oxygen atoms in total. The van der Waals surface area contributed by atoms with Gasteiger partial charge in [0.1, 0.15) is 5.69 Å². The highest BCUT2D eigenvalue weighted by Gasteiger charge is 2.22. The second-order valence-electron chi connectivity index (χ2n) is 5.76. The highest BCUT2D eigenvalue weighted by Crippen LogP contribution is 2.19. The maximum Gasteiger partial charge on any atom is 0.308 e. The number of carbonyl (C=O) groups excluding carboxylic acids is 1. The molecule has 0 saturated heterocycles. The molecule has 128 valence electrons. The summed E-state index contributed by atoms with van der Waals surface area (Å²) in [5.41, 5.74) is 1.79. The van der Waals surface area contributed by atoms with Crippen molar-refractivity contribution < 1.29 is 14.7 Å². The monoisotopic (exact) mass is 350 g/mol. The highest BCUT2D eigenvalue weighted by atomic mass is 35.5. The number of aliphatic carboxylic acids is 1. The molecule has 2 aromatic heterocycles. The number of rotatable bonds is 5. The van der Waals surface area contributed by atoms with Gasteiger partial charge in [-0.2, -0.15) is 5.10 Å². The van der Waals surface area contributed by atoms with Gasteiger partial charge in [-0.15, -0.1) is 0 Å². The average molecular weight is 351 g/mol. The Kier molecular flexibility index (Phi) is 5.23. The minimum atomic E-state index is -0.968. The van der Waals surface area contributed by atoms with E-state index in [0.717, 1.165) is 11.4 Å². The van der Waals surface area contributed by atoms with Gasteiger partial charge in [0, 0.05) is 19.3 Å². The molecule has 0 saturated carbocycles. The average Bonchev–Trinajstić information content (AvgIpc) is 2.85. The summed E-state index contributed by atoms with van der Waals surface area (Å²) >= 11 is 6.11. The fourth-order valence-electron chi connectivity index (χ4n) is 2.31. The zero-order valence-electron chi connectivity index (χ0n) is 13.9. The van der Waals surface area contributed by atoms with Crippen LogP contribution in [0.15, 0.2) is 18.2 Å². The Labute approximate surface area is 144 Å². The van der Waals surface area contributed by atoms with Gasteiger partial charge in [-0.1, -0.05) is 18.5 Å². The number of hydrogen-bond donors (Lipinski definition) is 1. The number of carbonyl (C=O) groups is 2. The van der Waals surface area contributed by atoms with Gasteiger partial charge < -0.3 is 10.0 Å². The standard InChI is InChI=1S/C16H19ClN4O3/c1-9(16(23)24)8-20(4)15(22)14-12(17)5-6-13(18-14)21-11(3)7-10(2)19-21/h5-7,9H,8H2,1-4H3,(H,23,24). The van der Waals surface area contributed by atoms with Crippen molar-refractivity contribution in [2.75, 3.05) is 13.6 Å². The molecule has 0 spiro atoms. The first-order valence-electron chi connectivity index (χ1n) is 7.39. The van der Waals surface area contributed by atoms with Crippen LogP contribution in [0.5, 0.6) is 0 Å². The molecule has 0 aliphatic heterocycles. The lowest BCUT2D eigenvalue weighted by Gasteiger charge is -2.19. The molecule has 1 N–H and O–H groups in total. The lowest BCUT2D eigenvalue weighted by molar-refractivity contribution is -0.141. The second kappa shape index (κ2) is 7.00. The number of aryl methyl sites for hydroxylation is 2. The van der Waals surface area contributed by atoms with Crippen molar-refractivity contribution in [1.29, 1.82) is 0 Å². The van der Waals surface area contributed by atoms with Crippen LogP contribution >= 0.6 is 11.6 Å². The summed E-state index contributed by atoms with van der Waals surface area (Å²) in [5, 5.41) is 13.5. The van der Waals surface area contributed by atoms with Gasteiger partial charge in [0.2, 0.25) is 0 Å². The molecule has 8 heteroatoms. The second-order valence-corrected chi connectivity index (χ2v) is 6.17. The number of halogens is 1. The fourth-order valence-corrected chi connectivity index (χ4v) is 2.50. The van der Waals surface area contributed by atoms with Crippen molar-refractivity contribution in [2.45, 2.75) is 20.8 Å². The van der Waals surface area contributed by atoms with Crippen molar-refractivity contribution >= 4 is 23.5 Å². The Morgan fingerprint density at radius 3 is 2.58 bits per heavy atom. The van der Waals surface area contributed by atoms with E-state index in [-0.39, 0.29) is 17.3 Å². The highest BCUT2D eigenvalue weighted by molar-refractivity contribution is 6.33. The molecule has 0 radical (unpaired) electrons. The van der Waals surface area contributed by atoms with Gasteiger partial charge >= 0.3 is 5.97 Å². The number of carboxylic acids is 1. The molecular weight excluding hydrogens is 332 g/mol. The molecule has 1 unspecified atom stereocenters. The van der Waals surface area contributed by atoms with E-state index < -0.39 is 17.8 Å². The van der Waals surface area contributed by atoms with Crippen LogP contribution in [0.25, 0.3) is 5.82 Å². The number of pyridine rings is 1. The third-order valence-electron chi connectivity index (χ3n) is 3.58. The Hall–Kier alpha value is -2.41. The summed E-state index contributed by atoms with van der Waals surface area (Å²) in [6.07, 6.45) is 0. The molecule has 2 heterocycles. The molecule has 1 amide bonds. The minimum absolute atomic E-state index is 0.0658. The Morgan fingerprint density at radius 2 is 2.04 bits per heavy atom. The molecule has 0 aliphatic carbocycles. The van der Waals surface area contributed by atoms with E-state index in [1.807, 2.05) is 19.9 Å². The van der Waals surface area contributed by atoms with Crippen LogP contribution in [0.3, 0.4) is 0 Å². The van der Waals surface area contributed by atoms with Gasteiger partial charge in [0.15, 0.2) is 5.82 Å². The van der Waals surface area contributed by atoms with E-state index in [2.05, 4.69) is 10.1 Å². The summed E-state index contributed by atoms with van der Waals surface area (Å²) in [5.74, 6) is -1.61. The summed E-state index contributed by atoms with van der Waals surface area (Å²) in [4.78, 5) is 29.1. The number of aromatic nitrogens is 3. The number of hydrogen-bond acceptors (Lipinski definition) is 4. The predicted molar refractivity (Wildman–Crippen MR) is 89.6 cm³/mol. The predicted octanol–water partition coefficient (Wildman–Crippen LogP) is 2.33. The van der Waals surface area contributed by atoms with Crippen molar-refractivity contribution in [3.8, 4) is 5.82 Å². The van der Waals surface area contributed by atoms with E-state index in [0.29, 0.717) is 5.82 Å². The lowest BCUT2D eigenvalue weighted by atomic mass is 10.1. The van der Waals surface area contributed by atoms with Crippen molar-refractivity contribution in [3.63, 3.8) is 0 Å².